The highest BCUT2D eigenvalue weighted by atomic mass is 16.5. The third kappa shape index (κ3) is 6.29. The van der Waals surface area contributed by atoms with E-state index in [0.717, 1.165) is 25.7 Å². The molecule has 4 rings (SSSR count). The Bertz CT molecular complexity index is 1050. The van der Waals surface area contributed by atoms with Gasteiger partial charge < -0.3 is 20.5 Å². The number of carbonyl (C=O) groups is 3. The number of ether oxygens (including phenoxy) is 1. The number of unbranched alkanes of at least 4 members (excludes halogenated alkanes) is 3. The first-order valence-corrected chi connectivity index (χ1v) is 12.3. The van der Waals surface area contributed by atoms with E-state index < -0.39 is 18.0 Å². The third-order valence-corrected chi connectivity index (χ3v) is 6.69. The highest BCUT2D eigenvalue weighted by Gasteiger charge is 2.29. The average molecular weight is 477 g/mol. The normalized spacial score (nSPS) is 18.1. The predicted molar refractivity (Wildman–Crippen MR) is 133 cm³/mol. The van der Waals surface area contributed by atoms with Gasteiger partial charge in [0.1, 0.15) is 6.61 Å². The Kier molecular flexibility index (Phi) is 8.19. The molecule has 35 heavy (non-hydrogen) atoms. The zero-order valence-corrected chi connectivity index (χ0v) is 19.7. The minimum atomic E-state index is -0.857. The highest BCUT2D eigenvalue weighted by Crippen LogP contribution is 2.44. The van der Waals surface area contributed by atoms with Crippen LogP contribution in [0.1, 0.15) is 55.6 Å². The number of fused-ring (bicyclic) bond motifs is 3. The molecule has 0 aliphatic heterocycles. The Morgan fingerprint density at radius 2 is 1.54 bits per heavy atom. The van der Waals surface area contributed by atoms with Gasteiger partial charge in [-0.05, 0) is 41.5 Å². The van der Waals surface area contributed by atoms with Gasteiger partial charge in [-0.2, -0.15) is 0 Å². The molecule has 0 radical (unpaired) electrons. The molecule has 2 amide bonds. The molecule has 0 fully saturated rings. The SMILES string of the molecule is O=C(CCCCCCNC(=O)OCC1c2ccccc2-c2ccccc21)NC1C=CC(C(=O)O)C1. The standard InChI is InChI=1S/C28H32N2O5/c31-26(30-20-15-14-19(17-20)27(32)33)13-3-1-2-8-16-29-28(34)35-18-25-23-11-6-4-9-21(23)22-10-5-7-12-24(22)25/h4-7,9-12,14-15,19-20,25H,1-3,8,13,16-18H2,(H,29,34)(H,30,31)(H,32,33). The van der Waals surface area contributed by atoms with Crippen molar-refractivity contribution in [3.63, 3.8) is 0 Å². The second kappa shape index (κ2) is 11.7. The summed E-state index contributed by atoms with van der Waals surface area (Å²) >= 11 is 0. The monoisotopic (exact) mass is 476 g/mol. The van der Waals surface area contributed by atoms with Crippen molar-refractivity contribution >= 4 is 18.0 Å². The lowest BCUT2D eigenvalue weighted by molar-refractivity contribution is -0.140. The predicted octanol–water partition coefficient (Wildman–Crippen LogP) is 4.62. The van der Waals surface area contributed by atoms with E-state index >= 15 is 0 Å². The van der Waals surface area contributed by atoms with Crippen LogP contribution in [0, 0.1) is 5.92 Å². The summed E-state index contributed by atoms with van der Waals surface area (Å²) in [6, 6.07) is 16.3. The lowest BCUT2D eigenvalue weighted by atomic mass is 9.98. The van der Waals surface area contributed by atoms with E-state index in [4.69, 9.17) is 9.84 Å². The van der Waals surface area contributed by atoms with E-state index in [1.165, 1.54) is 22.3 Å². The fourth-order valence-corrected chi connectivity index (χ4v) is 4.87. The number of rotatable bonds is 11. The molecule has 2 aromatic rings. The second-order valence-corrected chi connectivity index (χ2v) is 9.16. The number of amides is 2. The van der Waals surface area contributed by atoms with Crippen LogP contribution < -0.4 is 10.6 Å². The zero-order chi connectivity index (χ0) is 24.6. The zero-order valence-electron chi connectivity index (χ0n) is 19.7. The molecular weight excluding hydrogens is 444 g/mol. The van der Waals surface area contributed by atoms with E-state index in [-0.39, 0.29) is 17.9 Å². The molecule has 184 valence electrons. The van der Waals surface area contributed by atoms with Gasteiger partial charge in [0.25, 0.3) is 0 Å². The second-order valence-electron chi connectivity index (χ2n) is 9.16. The number of nitrogens with one attached hydrogen (secondary N) is 2. The molecule has 0 aromatic heterocycles. The van der Waals surface area contributed by atoms with Gasteiger partial charge in [0.05, 0.1) is 5.92 Å². The van der Waals surface area contributed by atoms with E-state index in [1.54, 1.807) is 12.2 Å². The van der Waals surface area contributed by atoms with Crippen LogP contribution in [-0.2, 0) is 14.3 Å². The van der Waals surface area contributed by atoms with E-state index in [0.29, 0.717) is 26.0 Å². The lowest BCUT2D eigenvalue weighted by Crippen LogP contribution is -2.33. The molecule has 2 atom stereocenters. The molecule has 0 saturated carbocycles. The van der Waals surface area contributed by atoms with Crippen molar-refractivity contribution in [1.82, 2.24) is 10.6 Å². The number of carboxylic acid groups (broad SMARTS) is 1. The smallest absolute Gasteiger partial charge is 0.407 e. The molecule has 0 spiro atoms. The van der Waals surface area contributed by atoms with Gasteiger partial charge in [-0.1, -0.05) is 73.5 Å². The van der Waals surface area contributed by atoms with E-state index in [9.17, 15) is 14.4 Å². The summed E-state index contributed by atoms with van der Waals surface area (Å²) in [5, 5.41) is 14.7. The Balaban J connectivity index is 1.07. The van der Waals surface area contributed by atoms with Crippen molar-refractivity contribution in [3.05, 3.63) is 71.8 Å². The summed E-state index contributed by atoms with van der Waals surface area (Å²) in [7, 11) is 0. The van der Waals surface area contributed by atoms with Crippen molar-refractivity contribution in [3.8, 4) is 11.1 Å². The Labute approximate surface area is 205 Å². The van der Waals surface area contributed by atoms with Crippen molar-refractivity contribution in [2.24, 2.45) is 5.92 Å². The quantitative estimate of drug-likeness (QED) is 0.324. The van der Waals surface area contributed by atoms with Crippen molar-refractivity contribution in [2.75, 3.05) is 13.2 Å². The number of carbonyl (C=O) groups excluding carboxylic acids is 2. The first-order valence-electron chi connectivity index (χ1n) is 12.3. The topological polar surface area (TPSA) is 105 Å². The molecule has 2 aliphatic carbocycles. The van der Waals surface area contributed by atoms with Gasteiger partial charge in [0.2, 0.25) is 5.91 Å². The van der Waals surface area contributed by atoms with Crippen LogP contribution in [-0.4, -0.2) is 42.3 Å². The highest BCUT2D eigenvalue weighted by molar-refractivity contribution is 5.79. The first-order chi connectivity index (χ1) is 17.0. The van der Waals surface area contributed by atoms with Gasteiger partial charge in [-0.3, -0.25) is 9.59 Å². The van der Waals surface area contributed by atoms with Crippen LogP contribution in [0.2, 0.25) is 0 Å². The molecule has 3 N–H and O–H groups in total. The fourth-order valence-electron chi connectivity index (χ4n) is 4.87. The Hall–Kier alpha value is -3.61. The van der Waals surface area contributed by atoms with Crippen LogP contribution in [0.3, 0.4) is 0 Å². The fraction of sp³-hybridized carbons (Fsp3) is 0.393. The maximum atomic E-state index is 12.2. The number of alkyl carbamates (subject to hydrolysis) is 1. The molecule has 7 heteroatoms. The van der Waals surface area contributed by atoms with E-state index in [1.807, 2.05) is 24.3 Å². The summed E-state index contributed by atoms with van der Waals surface area (Å²) in [6.45, 7) is 0.838. The van der Waals surface area contributed by atoms with Gasteiger partial charge in [0.15, 0.2) is 0 Å². The van der Waals surface area contributed by atoms with Gasteiger partial charge in [-0.25, -0.2) is 4.79 Å². The molecule has 0 bridgehead atoms. The van der Waals surface area contributed by atoms with Crippen molar-refractivity contribution in [1.29, 1.82) is 0 Å². The molecule has 0 heterocycles. The van der Waals surface area contributed by atoms with Crippen molar-refractivity contribution < 1.29 is 24.2 Å². The van der Waals surface area contributed by atoms with Gasteiger partial charge in [0, 0.05) is 24.9 Å². The Morgan fingerprint density at radius 3 is 2.20 bits per heavy atom. The Morgan fingerprint density at radius 1 is 0.886 bits per heavy atom. The number of hydrogen-bond acceptors (Lipinski definition) is 4. The summed E-state index contributed by atoms with van der Waals surface area (Å²) < 4.78 is 5.54. The first kappa shape index (κ1) is 24.5. The van der Waals surface area contributed by atoms with E-state index in [2.05, 4.69) is 34.9 Å². The number of benzene rings is 2. The van der Waals surface area contributed by atoms with Crippen LogP contribution >= 0.6 is 0 Å². The summed E-state index contributed by atoms with van der Waals surface area (Å²) in [4.78, 5) is 35.2. The molecule has 2 unspecified atom stereocenters. The largest absolute Gasteiger partial charge is 0.481 e. The summed E-state index contributed by atoms with van der Waals surface area (Å²) in [5.74, 6) is -1.37. The van der Waals surface area contributed by atoms with Crippen LogP contribution in [0.4, 0.5) is 4.79 Å². The molecule has 2 aromatic carbocycles. The molecule has 2 aliphatic rings. The van der Waals surface area contributed by atoms with Crippen LogP contribution in [0.25, 0.3) is 11.1 Å². The van der Waals surface area contributed by atoms with Gasteiger partial charge >= 0.3 is 12.1 Å². The number of hydrogen-bond donors (Lipinski definition) is 3. The van der Waals surface area contributed by atoms with Crippen LogP contribution in [0.15, 0.2) is 60.7 Å². The third-order valence-electron chi connectivity index (χ3n) is 6.69. The van der Waals surface area contributed by atoms with Crippen molar-refractivity contribution in [2.45, 2.75) is 50.5 Å². The van der Waals surface area contributed by atoms with Gasteiger partial charge in [-0.15, -0.1) is 0 Å². The summed E-state index contributed by atoms with van der Waals surface area (Å²) in [6.07, 6.45) is 7.19. The minimum absolute atomic E-state index is 0.0500. The molecule has 7 nitrogen and oxygen atoms in total. The van der Waals surface area contributed by atoms with Crippen LogP contribution in [0.5, 0.6) is 0 Å². The maximum absolute atomic E-state index is 12.2. The number of aliphatic carboxylic acids is 1. The summed E-state index contributed by atoms with van der Waals surface area (Å²) in [5.41, 5.74) is 4.79. The lowest BCUT2D eigenvalue weighted by Gasteiger charge is -2.14. The number of carboxylic acids is 1. The molecule has 0 saturated heterocycles. The maximum Gasteiger partial charge on any atom is 0.407 e. The average Bonchev–Trinajstić information content (AvgIpc) is 3.45. The molecular formula is C28H32N2O5. The minimum Gasteiger partial charge on any atom is -0.481 e.